The smallest absolute Gasteiger partial charge is 0.319 e. The Balaban J connectivity index is 1.41. The third-order valence-corrected chi connectivity index (χ3v) is 4.04. The fraction of sp³-hybridized carbons (Fsp3) is 0.188. The minimum Gasteiger partial charge on any atom is -0.454 e. The standard InChI is InChI=1S/C16H16N2O3S/c19-16(17-8-9-22-13-4-2-1-3-5-13)18-12-6-7-14-15(10-12)21-11-20-14/h1-7,10H,8-9,11H2,(H2,17,18,19). The number of ether oxygens (including phenoxy) is 2. The number of carbonyl (C=O) groups is 1. The van der Waals surface area contributed by atoms with Crippen LogP contribution in [0.1, 0.15) is 0 Å². The minimum atomic E-state index is -0.229. The molecule has 2 aromatic carbocycles. The number of urea groups is 1. The maximum atomic E-state index is 11.8. The van der Waals surface area contributed by atoms with Gasteiger partial charge in [-0.05, 0) is 24.3 Å². The third-order valence-electron chi connectivity index (χ3n) is 3.03. The van der Waals surface area contributed by atoms with Crippen molar-refractivity contribution in [1.29, 1.82) is 0 Å². The van der Waals surface area contributed by atoms with Crippen molar-refractivity contribution in [3.05, 3.63) is 48.5 Å². The van der Waals surface area contributed by atoms with Gasteiger partial charge in [0.25, 0.3) is 0 Å². The van der Waals surface area contributed by atoms with E-state index < -0.39 is 0 Å². The van der Waals surface area contributed by atoms with Crippen molar-refractivity contribution in [3.8, 4) is 11.5 Å². The van der Waals surface area contributed by atoms with Crippen LogP contribution in [0.2, 0.25) is 0 Å². The molecule has 2 amide bonds. The predicted octanol–water partition coefficient (Wildman–Crippen LogP) is 3.33. The Morgan fingerprint density at radius 3 is 2.77 bits per heavy atom. The number of hydrogen-bond acceptors (Lipinski definition) is 4. The van der Waals surface area contributed by atoms with Crippen molar-refractivity contribution in [2.45, 2.75) is 4.90 Å². The van der Waals surface area contributed by atoms with Crippen molar-refractivity contribution >= 4 is 23.5 Å². The van der Waals surface area contributed by atoms with E-state index >= 15 is 0 Å². The van der Waals surface area contributed by atoms with Crippen LogP contribution in [0.5, 0.6) is 11.5 Å². The van der Waals surface area contributed by atoms with Crippen molar-refractivity contribution in [1.82, 2.24) is 5.32 Å². The molecule has 0 fully saturated rings. The van der Waals surface area contributed by atoms with E-state index in [1.807, 2.05) is 18.2 Å². The molecule has 0 bridgehead atoms. The van der Waals surface area contributed by atoms with Gasteiger partial charge in [-0.15, -0.1) is 11.8 Å². The molecule has 1 aliphatic heterocycles. The molecular weight excluding hydrogens is 300 g/mol. The Hall–Kier alpha value is -2.34. The zero-order valence-electron chi connectivity index (χ0n) is 11.9. The average molecular weight is 316 g/mol. The van der Waals surface area contributed by atoms with Crippen LogP contribution in [0.25, 0.3) is 0 Å². The Labute approximate surface area is 133 Å². The van der Waals surface area contributed by atoms with Gasteiger partial charge in [0, 0.05) is 28.9 Å². The van der Waals surface area contributed by atoms with Gasteiger partial charge in [0.2, 0.25) is 6.79 Å². The highest BCUT2D eigenvalue weighted by molar-refractivity contribution is 7.99. The summed E-state index contributed by atoms with van der Waals surface area (Å²) in [6, 6.07) is 15.2. The highest BCUT2D eigenvalue weighted by Gasteiger charge is 2.13. The summed E-state index contributed by atoms with van der Waals surface area (Å²) in [4.78, 5) is 13.0. The topological polar surface area (TPSA) is 59.6 Å². The van der Waals surface area contributed by atoms with Gasteiger partial charge >= 0.3 is 6.03 Å². The number of nitrogens with one attached hydrogen (secondary N) is 2. The Kier molecular flexibility index (Phi) is 4.70. The summed E-state index contributed by atoms with van der Waals surface area (Å²) in [6.45, 7) is 0.817. The lowest BCUT2D eigenvalue weighted by Gasteiger charge is -2.08. The number of thioether (sulfide) groups is 1. The monoisotopic (exact) mass is 316 g/mol. The van der Waals surface area contributed by atoms with Crippen LogP contribution in [0, 0.1) is 0 Å². The summed E-state index contributed by atoms with van der Waals surface area (Å²) >= 11 is 1.71. The molecule has 0 unspecified atom stereocenters. The second-order valence-corrected chi connectivity index (χ2v) is 5.78. The lowest BCUT2D eigenvalue weighted by molar-refractivity contribution is 0.174. The first-order valence-corrected chi connectivity index (χ1v) is 7.92. The summed E-state index contributed by atoms with van der Waals surface area (Å²) < 4.78 is 10.5. The predicted molar refractivity (Wildman–Crippen MR) is 86.8 cm³/mol. The van der Waals surface area contributed by atoms with E-state index in [-0.39, 0.29) is 12.8 Å². The average Bonchev–Trinajstić information content (AvgIpc) is 3.00. The number of anilines is 1. The van der Waals surface area contributed by atoms with Gasteiger partial charge in [-0.3, -0.25) is 0 Å². The van der Waals surface area contributed by atoms with Crippen molar-refractivity contribution < 1.29 is 14.3 Å². The molecule has 0 aromatic heterocycles. The molecule has 0 atom stereocenters. The zero-order valence-corrected chi connectivity index (χ0v) is 12.7. The van der Waals surface area contributed by atoms with Crippen molar-refractivity contribution in [2.75, 3.05) is 24.4 Å². The second kappa shape index (κ2) is 7.09. The van der Waals surface area contributed by atoms with Crippen LogP contribution in [0.3, 0.4) is 0 Å². The van der Waals surface area contributed by atoms with Crippen LogP contribution in [-0.4, -0.2) is 25.1 Å². The molecule has 1 heterocycles. The SMILES string of the molecule is O=C(NCCSc1ccccc1)Nc1ccc2c(c1)OCO2. The lowest BCUT2D eigenvalue weighted by atomic mass is 10.3. The van der Waals surface area contributed by atoms with Crippen LogP contribution in [-0.2, 0) is 0 Å². The fourth-order valence-corrected chi connectivity index (χ4v) is 2.79. The number of carbonyl (C=O) groups excluding carboxylic acids is 1. The zero-order chi connectivity index (χ0) is 15.2. The quantitative estimate of drug-likeness (QED) is 0.656. The number of benzene rings is 2. The molecule has 114 valence electrons. The van der Waals surface area contributed by atoms with Crippen LogP contribution in [0.4, 0.5) is 10.5 Å². The summed E-state index contributed by atoms with van der Waals surface area (Å²) in [6.07, 6.45) is 0. The van der Waals surface area contributed by atoms with E-state index in [1.54, 1.807) is 30.0 Å². The van der Waals surface area contributed by atoms with Crippen LogP contribution in [0.15, 0.2) is 53.4 Å². The molecule has 1 aliphatic rings. The maximum absolute atomic E-state index is 11.8. The van der Waals surface area contributed by atoms with Crippen molar-refractivity contribution in [2.24, 2.45) is 0 Å². The largest absolute Gasteiger partial charge is 0.454 e. The molecule has 0 saturated heterocycles. The molecule has 0 aliphatic carbocycles. The normalized spacial score (nSPS) is 12.0. The Morgan fingerprint density at radius 2 is 1.91 bits per heavy atom. The maximum Gasteiger partial charge on any atom is 0.319 e. The van der Waals surface area contributed by atoms with Crippen LogP contribution >= 0.6 is 11.8 Å². The van der Waals surface area contributed by atoms with Gasteiger partial charge in [-0.2, -0.15) is 0 Å². The summed E-state index contributed by atoms with van der Waals surface area (Å²) in [5.41, 5.74) is 0.678. The van der Waals surface area contributed by atoms with E-state index in [0.717, 1.165) is 5.75 Å². The fourth-order valence-electron chi connectivity index (χ4n) is 2.00. The molecule has 0 radical (unpaired) electrons. The highest BCUT2D eigenvalue weighted by atomic mass is 32.2. The highest BCUT2D eigenvalue weighted by Crippen LogP contribution is 2.34. The number of hydrogen-bond donors (Lipinski definition) is 2. The first kappa shape index (κ1) is 14.6. The van der Waals surface area contributed by atoms with E-state index in [2.05, 4.69) is 22.8 Å². The number of amides is 2. The van der Waals surface area contributed by atoms with E-state index in [0.29, 0.717) is 23.7 Å². The summed E-state index contributed by atoms with van der Waals surface area (Å²) in [5.74, 6) is 2.17. The molecule has 0 saturated carbocycles. The minimum absolute atomic E-state index is 0.224. The summed E-state index contributed by atoms with van der Waals surface area (Å²) in [5, 5.41) is 5.60. The first-order chi connectivity index (χ1) is 10.8. The van der Waals surface area contributed by atoms with Gasteiger partial charge in [-0.1, -0.05) is 18.2 Å². The molecular formula is C16H16N2O3S. The Bertz CT molecular complexity index is 649. The van der Waals surface area contributed by atoms with Gasteiger partial charge in [0.1, 0.15) is 0 Å². The molecule has 0 spiro atoms. The van der Waals surface area contributed by atoms with Crippen molar-refractivity contribution in [3.63, 3.8) is 0 Å². The molecule has 2 N–H and O–H groups in total. The van der Waals surface area contributed by atoms with Gasteiger partial charge in [0.15, 0.2) is 11.5 Å². The van der Waals surface area contributed by atoms with Crippen LogP contribution < -0.4 is 20.1 Å². The first-order valence-electron chi connectivity index (χ1n) is 6.93. The van der Waals surface area contributed by atoms with Gasteiger partial charge in [0.05, 0.1) is 0 Å². The number of rotatable bonds is 5. The van der Waals surface area contributed by atoms with E-state index in [9.17, 15) is 4.79 Å². The molecule has 2 aromatic rings. The molecule has 6 heteroatoms. The molecule has 22 heavy (non-hydrogen) atoms. The number of fused-ring (bicyclic) bond motifs is 1. The lowest BCUT2D eigenvalue weighted by Crippen LogP contribution is -2.30. The third kappa shape index (κ3) is 3.85. The van der Waals surface area contributed by atoms with E-state index in [1.165, 1.54) is 4.90 Å². The van der Waals surface area contributed by atoms with Gasteiger partial charge < -0.3 is 20.1 Å². The second-order valence-electron chi connectivity index (χ2n) is 4.61. The van der Waals surface area contributed by atoms with E-state index in [4.69, 9.17) is 9.47 Å². The molecule has 3 rings (SSSR count). The van der Waals surface area contributed by atoms with Gasteiger partial charge in [-0.25, -0.2) is 4.79 Å². The Morgan fingerprint density at radius 1 is 1.09 bits per heavy atom. The molecule has 5 nitrogen and oxygen atoms in total. The summed E-state index contributed by atoms with van der Waals surface area (Å²) in [7, 11) is 0.